The van der Waals surface area contributed by atoms with Gasteiger partial charge in [0.1, 0.15) is 0 Å². The fourth-order valence-electron chi connectivity index (χ4n) is 7.37. The summed E-state index contributed by atoms with van der Waals surface area (Å²) in [6, 6.07) is 38.9. The van der Waals surface area contributed by atoms with Gasteiger partial charge in [-0.3, -0.25) is 4.79 Å². The molecule has 0 N–H and O–H groups in total. The zero-order valence-corrected chi connectivity index (χ0v) is 22.7. The number of fused-ring (bicyclic) bond motifs is 6. The molecule has 2 aliphatic rings. The van der Waals surface area contributed by atoms with E-state index in [1.165, 1.54) is 66.4 Å². The van der Waals surface area contributed by atoms with Crippen LogP contribution in [0.15, 0.2) is 109 Å². The molecule has 0 radical (unpaired) electrons. The molecule has 40 heavy (non-hydrogen) atoms. The van der Waals surface area contributed by atoms with E-state index in [2.05, 4.69) is 111 Å². The largest absolute Gasteiger partial charge is 0.289 e. The van der Waals surface area contributed by atoms with E-state index in [4.69, 9.17) is 0 Å². The van der Waals surface area contributed by atoms with Crippen molar-refractivity contribution in [2.75, 3.05) is 0 Å². The molecule has 0 aliphatic heterocycles. The molecule has 1 nitrogen and oxygen atoms in total. The molecule has 6 aromatic rings. The number of hydrogen-bond donors (Lipinski definition) is 0. The maximum Gasteiger partial charge on any atom is 0.194 e. The van der Waals surface area contributed by atoms with Crippen molar-refractivity contribution in [3.8, 4) is 55.6 Å². The van der Waals surface area contributed by atoms with Crippen LogP contribution in [0.4, 0.5) is 0 Å². The van der Waals surface area contributed by atoms with E-state index in [1.54, 1.807) is 0 Å². The number of rotatable bonds is 4. The molecule has 0 fully saturated rings. The summed E-state index contributed by atoms with van der Waals surface area (Å²) in [6.45, 7) is 4.44. The Bertz CT molecular complexity index is 1970. The van der Waals surface area contributed by atoms with Gasteiger partial charge in [0.25, 0.3) is 0 Å². The summed E-state index contributed by atoms with van der Waals surface area (Å²) < 4.78 is 0. The molecule has 0 atom stereocenters. The van der Waals surface area contributed by atoms with E-state index in [9.17, 15) is 4.79 Å². The summed E-state index contributed by atoms with van der Waals surface area (Å²) in [6.07, 6.45) is 1.69. The van der Waals surface area contributed by atoms with Crippen molar-refractivity contribution in [3.63, 3.8) is 0 Å². The lowest BCUT2D eigenvalue weighted by Gasteiger charge is -2.19. The van der Waals surface area contributed by atoms with Crippen LogP contribution in [-0.4, -0.2) is 5.78 Å². The first-order valence-corrected chi connectivity index (χ1v) is 14.3. The Morgan fingerprint density at radius 3 is 1.32 bits per heavy atom. The van der Waals surface area contributed by atoms with Gasteiger partial charge in [0.15, 0.2) is 5.78 Å². The molecular formula is C39H28O. The SMILES string of the molecule is CCc1c2c(c(CC)c3c1-c1ccc(-c4ccccc4)c4c(-c5ccccc5)ccc-3c14)-c1ccccc1C2=O. The predicted molar refractivity (Wildman–Crippen MR) is 167 cm³/mol. The molecule has 8 rings (SSSR count). The maximum atomic E-state index is 13.9. The molecule has 0 amide bonds. The molecule has 190 valence electrons. The van der Waals surface area contributed by atoms with Gasteiger partial charge in [0.05, 0.1) is 0 Å². The van der Waals surface area contributed by atoms with Crippen LogP contribution in [0.2, 0.25) is 0 Å². The fourth-order valence-corrected chi connectivity index (χ4v) is 7.37. The van der Waals surface area contributed by atoms with Crippen LogP contribution >= 0.6 is 0 Å². The van der Waals surface area contributed by atoms with E-state index >= 15 is 0 Å². The quantitative estimate of drug-likeness (QED) is 0.229. The second kappa shape index (κ2) is 8.63. The van der Waals surface area contributed by atoms with Gasteiger partial charge in [-0.25, -0.2) is 0 Å². The minimum atomic E-state index is 0.179. The molecule has 2 aliphatic carbocycles. The average molecular weight is 513 g/mol. The monoisotopic (exact) mass is 512 g/mol. The van der Waals surface area contributed by atoms with E-state index < -0.39 is 0 Å². The van der Waals surface area contributed by atoms with Gasteiger partial charge >= 0.3 is 0 Å². The summed E-state index contributed by atoms with van der Waals surface area (Å²) in [5, 5.41) is 2.60. The van der Waals surface area contributed by atoms with Gasteiger partial charge in [-0.05, 0) is 90.4 Å². The first-order chi connectivity index (χ1) is 19.7. The first-order valence-electron chi connectivity index (χ1n) is 14.3. The molecule has 0 bridgehead atoms. The molecule has 0 saturated carbocycles. The third kappa shape index (κ3) is 2.95. The van der Waals surface area contributed by atoms with Gasteiger partial charge < -0.3 is 0 Å². The van der Waals surface area contributed by atoms with E-state index in [-0.39, 0.29) is 5.78 Å². The topological polar surface area (TPSA) is 17.1 Å². The lowest BCUT2D eigenvalue weighted by atomic mass is 9.83. The van der Waals surface area contributed by atoms with Gasteiger partial charge in [-0.1, -0.05) is 123 Å². The summed E-state index contributed by atoms with van der Waals surface area (Å²) in [5.74, 6) is 0.179. The molecule has 0 saturated heterocycles. The molecular weight excluding hydrogens is 484 g/mol. The minimum absolute atomic E-state index is 0.179. The van der Waals surface area contributed by atoms with Gasteiger partial charge in [-0.2, -0.15) is 0 Å². The Hall–Kier alpha value is -4.75. The van der Waals surface area contributed by atoms with Crippen LogP contribution < -0.4 is 0 Å². The van der Waals surface area contributed by atoms with Crippen LogP contribution in [0.3, 0.4) is 0 Å². The highest BCUT2D eigenvalue weighted by Gasteiger charge is 2.38. The number of hydrogen-bond acceptors (Lipinski definition) is 1. The van der Waals surface area contributed by atoms with Crippen LogP contribution in [0.1, 0.15) is 40.9 Å². The molecule has 0 heterocycles. The van der Waals surface area contributed by atoms with E-state index in [1.807, 2.05) is 12.1 Å². The van der Waals surface area contributed by atoms with E-state index in [0.717, 1.165) is 35.1 Å². The molecule has 0 spiro atoms. The minimum Gasteiger partial charge on any atom is -0.289 e. The lowest BCUT2D eigenvalue weighted by Crippen LogP contribution is -2.05. The fraction of sp³-hybridized carbons (Fsp3) is 0.103. The van der Waals surface area contributed by atoms with Crippen LogP contribution in [0.25, 0.3) is 66.4 Å². The molecule has 0 unspecified atom stereocenters. The normalized spacial score (nSPS) is 12.5. The van der Waals surface area contributed by atoms with Crippen LogP contribution in [-0.2, 0) is 12.8 Å². The highest BCUT2D eigenvalue weighted by Crippen LogP contribution is 2.58. The maximum absolute atomic E-state index is 13.9. The zero-order valence-electron chi connectivity index (χ0n) is 22.7. The van der Waals surface area contributed by atoms with Crippen molar-refractivity contribution in [1.29, 1.82) is 0 Å². The van der Waals surface area contributed by atoms with Crippen molar-refractivity contribution in [2.24, 2.45) is 0 Å². The predicted octanol–water partition coefficient (Wildman–Crippen LogP) is 10.2. The summed E-state index contributed by atoms with van der Waals surface area (Å²) >= 11 is 0. The van der Waals surface area contributed by atoms with Gasteiger partial charge in [0, 0.05) is 11.1 Å². The van der Waals surface area contributed by atoms with Gasteiger partial charge in [0.2, 0.25) is 0 Å². The third-order valence-corrected chi connectivity index (χ3v) is 8.95. The number of carbonyl (C=O) groups is 1. The van der Waals surface area contributed by atoms with Crippen LogP contribution in [0, 0.1) is 0 Å². The second-order valence-electron chi connectivity index (χ2n) is 10.8. The number of carbonyl (C=O) groups excluding carboxylic acids is 1. The Balaban J connectivity index is 1.55. The van der Waals surface area contributed by atoms with Crippen molar-refractivity contribution >= 4 is 16.6 Å². The highest BCUT2D eigenvalue weighted by atomic mass is 16.1. The lowest BCUT2D eigenvalue weighted by molar-refractivity contribution is 0.104. The average Bonchev–Trinajstić information content (AvgIpc) is 3.51. The van der Waals surface area contributed by atoms with Crippen molar-refractivity contribution in [3.05, 3.63) is 131 Å². The zero-order chi connectivity index (χ0) is 27.0. The standard InChI is InChI=1S/C39H28O/c1-3-25-33-29-17-11-12-18-30(29)39(40)38(33)26(4-2)35-32-22-20-28(24-15-9-6-10-16-24)36-27(23-13-7-5-8-14-23)19-21-31(34(25)35)37(32)36/h5-22H,3-4H2,1-2H3. The first kappa shape index (κ1) is 23.2. The summed E-state index contributed by atoms with van der Waals surface area (Å²) in [7, 11) is 0. The van der Waals surface area contributed by atoms with Crippen LogP contribution in [0.5, 0.6) is 0 Å². The Labute approximate surface area is 234 Å². The van der Waals surface area contributed by atoms with Gasteiger partial charge in [-0.15, -0.1) is 0 Å². The summed E-state index contributed by atoms with van der Waals surface area (Å²) in [4.78, 5) is 13.9. The second-order valence-corrected chi connectivity index (χ2v) is 10.8. The Morgan fingerprint density at radius 1 is 0.400 bits per heavy atom. The number of benzene rings is 6. The molecule has 6 aromatic carbocycles. The van der Waals surface area contributed by atoms with Crippen molar-refractivity contribution in [1.82, 2.24) is 0 Å². The summed E-state index contributed by atoms with van der Waals surface area (Å²) in [5.41, 5.74) is 16.6. The van der Waals surface area contributed by atoms with Crippen molar-refractivity contribution < 1.29 is 4.79 Å². The number of ketones is 1. The van der Waals surface area contributed by atoms with Crippen molar-refractivity contribution in [2.45, 2.75) is 26.7 Å². The smallest absolute Gasteiger partial charge is 0.194 e. The Morgan fingerprint density at radius 2 is 0.800 bits per heavy atom. The molecule has 0 aromatic heterocycles. The third-order valence-electron chi connectivity index (χ3n) is 8.95. The Kier molecular flexibility index (Phi) is 5.00. The molecule has 1 heteroatoms. The van der Waals surface area contributed by atoms with E-state index in [0.29, 0.717) is 0 Å². The highest BCUT2D eigenvalue weighted by molar-refractivity contribution is 6.29.